The van der Waals surface area contributed by atoms with Gasteiger partial charge in [0.2, 0.25) is 0 Å². The SMILES string of the molecule is Cc1ccc(OCC(=O)N(Cc2ccc(N3CCN(C)CC3)nc2)c2ccc(F)cc2)cc1. The van der Waals surface area contributed by atoms with Crippen LogP contribution in [0.25, 0.3) is 0 Å². The van der Waals surface area contributed by atoms with Crippen LogP contribution in [0, 0.1) is 12.7 Å². The van der Waals surface area contributed by atoms with Crippen molar-refractivity contribution in [2.45, 2.75) is 13.5 Å². The second-order valence-electron chi connectivity index (χ2n) is 8.37. The number of carbonyl (C=O) groups is 1. The zero-order valence-corrected chi connectivity index (χ0v) is 19.1. The summed E-state index contributed by atoms with van der Waals surface area (Å²) in [5.74, 6) is 1.01. The van der Waals surface area contributed by atoms with E-state index in [4.69, 9.17) is 4.74 Å². The third-order valence-corrected chi connectivity index (χ3v) is 5.80. The van der Waals surface area contributed by atoms with Crippen molar-refractivity contribution in [3.05, 3.63) is 83.8 Å². The van der Waals surface area contributed by atoms with Gasteiger partial charge in [-0.1, -0.05) is 23.8 Å². The molecule has 0 aliphatic carbocycles. The van der Waals surface area contributed by atoms with E-state index < -0.39 is 0 Å². The molecule has 0 unspecified atom stereocenters. The number of aromatic nitrogens is 1. The molecule has 2 heterocycles. The molecular formula is C26H29FN4O2. The lowest BCUT2D eigenvalue weighted by Gasteiger charge is -2.33. The van der Waals surface area contributed by atoms with Crippen LogP contribution in [-0.2, 0) is 11.3 Å². The van der Waals surface area contributed by atoms with Gasteiger partial charge >= 0.3 is 0 Å². The van der Waals surface area contributed by atoms with Crippen LogP contribution in [0.3, 0.4) is 0 Å². The Balaban J connectivity index is 1.46. The molecule has 172 valence electrons. The van der Waals surface area contributed by atoms with Crippen molar-refractivity contribution in [3.8, 4) is 5.75 Å². The Morgan fingerprint density at radius 3 is 2.33 bits per heavy atom. The average Bonchev–Trinajstić information content (AvgIpc) is 2.84. The van der Waals surface area contributed by atoms with Gasteiger partial charge in [0.25, 0.3) is 5.91 Å². The number of piperazine rings is 1. The number of benzene rings is 2. The van der Waals surface area contributed by atoms with Crippen LogP contribution in [0.5, 0.6) is 5.75 Å². The van der Waals surface area contributed by atoms with Crippen LogP contribution < -0.4 is 14.5 Å². The van der Waals surface area contributed by atoms with Crippen LogP contribution in [0.4, 0.5) is 15.9 Å². The normalized spacial score (nSPS) is 14.2. The second-order valence-corrected chi connectivity index (χ2v) is 8.37. The quantitative estimate of drug-likeness (QED) is 0.549. The highest BCUT2D eigenvalue weighted by Gasteiger charge is 2.19. The summed E-state index contributed by atoms with van der Waals surface area (Å²) in [7, 11) is 2.12. The lowest BCUT2D eigenvalue weighted by Crippen LogP contribution is -2.44. The minimum Gasteiger partial charge on any atom is -0.484 e. The average molecular weight is 449 g/mol. The number of amides is 1. The van der Waals surface area contributed by atoms with E-state index in [1.165, 1.54) is 12.1 Å². The summed E-state index contributed by atoms with van der Waals surface area (Å²) >= 11 is 0. The highest BCUT2D eigenvalue weighted by atomic mass is 19.1. The fourth-order valence-electron chi connectivity index (χ4n) is 3.72. The summed E-state index contributed by atoms with van der Waals surface area (Å²) in [5, 5.41) is 0. The van der Waals surface area contributed by atoms with Crippen LogP contribution in [0.2, 0.25) is 0 Å². The van der Waals surface area contributed by atoms with Gasteiger partial charge in [-0.15, -0.1) is 0 Å². The molecule has 1 amide bonds. The van der Waals surface area contributed by atoms with Gasteiger partial charge in [-0.2, -0.15) is 0 Å². The highest BCUT2D eigenvalue weighted by Crippen LogP contribution is 2.21. The van der Waals surface area contributed by atoms with E-state index >= 15 is 0 Å². The van der Waals surface area contributed by atoms with Crippen molar-refractivity contribution in [2.24, 2.45) is 0 Å². The van der Waals surface area contributed by atoms with Gasteiger partial charge in [-0.25, -0.2) is 9.37 Å². The Hall–Kier alpha value is -3.45. The molecule has 0 atom stereocenters. The van der Waals surface area contributed by atoms with Crippen molar-refractivity contribution in [1.82, 2.24) is 9.88 Å². The van der Waals surface area contributed by atoms with E-state index in [0.29, 0.717) is 18.0 Å². The molecule has 1 saturated heterocycles. The number of nitrogens with zero attached hydrogens (tertiary/aromatic N) is 4. The summed E-state index contributed by atoms with van der Waals surface area (Å²) < 4.78 is 19.2. The van der Waals surface area contributed by atoms with Gasteiger partial charge < -0.3 is 19.4 Å². The lowest BCUT2D eigenvalue weighted by molar-refractivity contribution is -0.120. The van der Waals surface area contributed by atoms with Crippen molar-refractivity contribution < 1.29 is 13.9 Å². The van der Waals surface area contributed by atoms with Gasteiger partial charge in [0.05, 0.1) is 6.54 Å². The Bertz CT molecular complexity index is 1050. The Kier molecular flexibility index (Phi) is 7.19. The highest BCUT2D eigenvalue weighted by molar-refractivity contribution is 5.94. The van der Waals surface area contributed by atoms with Crippen molar-refractivity contribution in [1.29, 1.82) is 0 Å². The molecule has 33 heavy (non-hydrogen) atoms. The maximum Gasteiger partial charge on any atom is 0.265 e. The van der Waals surface area contributed by atoms with Gasteiger partial charge in [0.15, 0.2) is 6.61 Å². The number of hydrogen-bond acceptors (Lipinski definition) is 5. The van der Waals surface area contributed by atoms with Crippen molar-refractivity contribution in [3.63, 3.8) is 0 Å². The molecule has 2 aromatic carbocycles. The van der Waals surface area contributed by atoms with Gasteiger partial charge in [0, 0.05) is 38.1 Å². The minimum absolute atomic E-state index is 0.118. The Morgan fingerprint density at radius 1 is 1.00 bits per heavy atom. The van der Waals surface area contributed by atoms with Gasteiger partial charge in [-0.3, -0.25) is 4.79 Å². The van der Waals surface area contributed by atoms with Crippen LogP contribution in [0.1, 0.15) is 11.1 Å². The maximum atomic E-state index is 13.5. The topological polar surface area (TPSA) is 48.9 Å². The molecule has 0 saturated carbocycles. The molecule has 3 aromatic rings. The molecule has 7 heteroatoms. The fourth-order valence-corrected chi connectivity index (χ4v) is 3.72. The first-order valence-corrected chi connectivity index (χ1v) is 11.1. The van der Waals surface area contributed by atoms with E-state index in [-0.39, 0.29) is 18.3 Å². The summed E-state index contributed by atoms with van der Waals surface area (Å²) in [6.45, 7) is 6.10. The van der Waals surface area contributed by atoms with E-state index in [9.17, 15) is 9.18 Å². The van der Waals surface area contributed by atoms with E-state index in [1.54, 1.807) is 23.2 Å². The zero-order chi connectivity index (χ0) is 23.2. The Morgan fingerprint density at radius 2 is 1.70 bits per heavy atom. The molecular weight excluding hydrogens is 419 g/mol. The zero-order valence-electron chi connectivity index (χ0n) is 19.1. The monoisotopic (exact) mass is 448 g/mol. The number of aryl methyl sites for hydroxylation is 1. The third kappa shape index (κ3) is 6.08. The third-order valence-electron chi connectivity index (χ3n) is 5.80. The van der Waals surface area contributed by atoms with E-state index in [1.807, 2.05) is 43.3 Å². The number of likely N-dealkylation sites (N-methyl/N-ethyl adjacent to an activating group) is 1. The molecule has 1 aliphatic rings. The molecule has 1 aliphatic heterocycles. The maximum absolute atomic E-state index is 13.5. The molecule has 1 aromatic heterocycles. The van der Waals surface area contributed by atoms with E-state index in [0.717, 1.165) is 43.1 Å². The second kappa shape index (κ2) is 10.4. The first-order valence-electron chi connectivity index (χ1n) is 11.1. The number of halogens is 1. The fraction of sp³-hybridized carbons (Fsp3) is 0.308. The molecule has 0 N–H and O–H groups in total. The smallest absolute Gasteiger partial charge is 0.265 e. The molecule has 0 radical (unpaired) electrons. The molecule has 0 bridgehead atoms. The largest absolute Gasteiger partial charge is 0.484 e. The molecule has 6 nitrogen and oxygen atoms in total. The van der Waals surface area contributed by atoms with Gasteiger partial charge in [-0.05, 0) is 62.0 Å². The summed E-state index contributed by atoms with van der Waals surface area (Å²) in [6, 6.07) is 17.4. The standard InChI is InChI=1S/C26H29FN4O2/c1-20-3-10-24(11-4-20)33-19-26(32)31(23-8-6-22(27)7-9-23)18-21-5-12-25(28-17-21)30-15-13-29(2)14-16-30/h3-12,17H,13-16,18-19H2,1-2H3. The first kappa shape index (κ1) is 22.7. The number of carbonyl (C=O) groups excluding carboxylic acids is 1. The minimum atomic E-state index is -0.347. The lowest BCUT2D eigenvalue weighted by atomic mass is 10.2. The Labute approximate surface area is 194 Å². The van der Waals surface area contributed by atoms with Crippen LogP contribution in [-0.4, -0.2) is 55.6 Å². The van der Waals surface area contributed by atoms with Gasteiger partial charge in [0.1, 0.15) is 17.4 Å². The van der Waals surface area contributed by atoms with E-state index in [2.05, 4.69) is 21.8 Å². The molecule has 0 spiro atoms. The molecule has 1 fully saturated rings. The first-order chi connectivity index (χ1) is 16.0. The van der Waals surface area contributed by atoms with Crippen LogP contribution >= 0.6 is 0 Å². The summed E-state index contributed by atoms with van der Waals surface area (Å²) in [4.78, 5) is 23.9. The number of hydrogen-bond donors (Lipinski definition) is 0. The number of rotatable bonds is 7. The predicted octanol–water partition coefficient (Wildman–Crippen LogP) is 3.89. The summed E-state index contributed by atoms with van der Waals surface area (Å²) in [6.07, 6.45) is 1.80. The number of ether oxygens (including phenoxy) is 1. The van der Waals surface area contributed by atoms with Crippen molar-refractivity contribution >= 4 is 17.4 Å². The number of anilines is 2. The van der Waals surface area contributed by atoms with Crippen LogP contribution in [0.15, 0.2) is 66.9 Å². The summed E-state index contributed by atoms with van der Waals surface area (Å²) in [5.41, 5.74) is 2.62. The number of pyridine rings is 1. The predicted molar refractivity (Wildman–Crippen MR) is 128 cm³/mol. The molecule has 4 rings (SSSR count). The van der Waals surface area contributed by atoms with Crippen molar-refractivity contribution in [2.75, 3.05) is 49.6 Å².